The van der Waals surface area contributed by atoms with E-state index in [1.165, 1.54) is 0 Å². The second kappa shape index (κ2) is 11.0. The first-order valence-corrected chi connectivity index (χ1v) is 10.1. The van der Waals surface area contributed by atoms with Gasteiger partial charge < -0.3 is 15.5 Å². The van der Waals surface area contributed by atoms with Gasteiger partial charge >= 0.3 is 13.8 Å². The molecule has 0 radical (unpaired) electrons. The van der Waals surface area contributed by atoms with Gasteiger partial charge in [-0.25, -0.2) is 4.79 Å². The number of aliphatic hydroxyl groups is 1. The van der Waals surface area contributed by atoms with E-state index in [4.69, 9.17) is 5.11 Å². The Morgan fingerprint density at radius 1 is 1.20 bits per heavy atom. The van der Waals surface area contributed by atoms with Gasteiger partial charge in [-0.15, -0.1) is 0 Å². The van der Waals surface area contributed by atoms with Gasteiger partial charge in [0.05, 0.1) is 5.92 Å². The molecule has 1 rings (SSSR count). The summed E-state index contributed by atoms with van der Waals surface area (Å²) in [5.74, 6) is -1.96. The molecule has 0 aliphatic heterocycles. The van der Waals surface area contributed by atoms with E-state index in [2.05, 4.69) is 5.32 Å². The summed E-state index contributed by atoms with van der Waals surface area (Å²) in [7, 11) is -1.89. The maximum atomic E-state index is 12.5. The lowest BCUT2D eigenvalue weighted by Gasteiger charge is -2.19. The van der Waals surface area contributed by atoms with Gasteiger partial charge in [0.25, 0.3) is 0 Å². The molecule has 0 spiro atoms. The number of hydrogen-bond acceptors (Lipinski definition) is 4. The number of carboxylic acid groups (broad SMARTS) is 1. The van der Waals surface area contributed by atoms with E-state index in [1.54, 1.807) is 0 Å². The lowest BCUT2D eigenvalue weighted by molar-refractivity contribution is -0.142. The zero-order valence-electron chi connectivity index (χ0n) is 14.7. The molecule has 2 unspecified atom stereocenters. The molecule has 7 heteroatoms. The third-order valence-corrected chi connectivity index (χ3v) is 5.06. The summed E-state index contributed by atoms with van der Waals surface area (Å²) >= 11 is 0. The number of rotatable bonds is 11. The first-order valence-electron chi connectivity index (χ1n) is 8.43. The molecule has 0 heterocycles. The van der Waals surface area contributed by atoms with E-state index in [1.807, 2.05) is 44.2 Å². The number of benzene rings is 1. The normalized spacial score (nSPS) is 14.0. The van der Waals surface area contributed by atoms with Crippen molar-refractivity contribution in [1.82, 2.24) is 5.32 Å². The fourth-order valence-corrected chi connectivity index (χ4v) is 3.53. The molecular formula is C18H27NO5P+. The zero-order valence-corrected chi connectivity index (χ0v) is 15.6. The molecule has 0 aliphatic carbocycles. The first kappa shape index (κ1) is 21.3. The van der Waals surface area contributed by atoms with Crippen molar-refractivity contribution in [3.05, 3.63) is 35.9 Å². The first-order chi connectivity index (χ1) is 11.8. The van der Waals surface area contributed by atoms with Crippen LogP contribution in [0.15, 0.2) is 30.3 Å². The lowest BCUT2D eigenvalue weighted by Crippen LogP contribution is -2.45. The van der Waals surface area contributed by atoms with Crippen molar-refractivity contribution in [2.45, 2.75) is 39.2 Å². The van der Waals surface area contributed by atoms with Crippen molar-refractivity contribution in [3.8, 4) is 0 Å². The van der Waals surface area contributed by atoms with Crippen LogP contribution < -0.4 is 5.32 Å². The van der Waals surface area contributed by atoms with Crippen LogP contribution in [0.5, 0.6) is 0 Å². The van der Waals surface area contributed by atoms with Crippen LogP contribution in [0.4, 0.5) is 0 Å². The average Bonchev–Trinajstić information content (AvgIpc) is 2.57. The maximum absolute atomic E-state index is 12.5. The predicted octanol–water partition coefficient (Wildman–Crippen LogP) is 2.63. The van der Waals surface area contributed by atoms with Crippen LogP contribution in [0, 0.1) is 11.8 Å². The number of aryl methyl sites for hydroxylation is 1. The Labute approximate surface area is 149 Å². The Hall–Kier alpha value is -1.78. The Morgan fingerprint density at radius 2 is 1.84 bits per heavy atom. The summed E-state index contributed by atoms with van der Waals surface area (Å²) in [6.45, 7) is 3.77. The number of aliphatic hydroxyl groups excluding tert-OH is 1. The number of carbonyl (C=O) groups is 2. The third kappa shape index (κ3) is 8.23. The molecule has 0 aromatic heterocycles. The Balaban J connectivity index is 2.77. The molecule has 1 amide bonds. The molecule has 0 bridgehead atoms. The number of amides is 1. The molecule has 0 saturated heterocycles. The highest BCUT2D eigenvalue weighted by Crippen LogP contribution is 2.25. The number of carbonyl (C=O) groups excluding carboxylic acids is 1. The minimum atomic E-state index is -1.89. The number of nitrogens with one attached hydrogen (secondary N) is 1. The second-order valence-electron chi connectivity index (χ2n) is 6.56. The topological polar surface area (TPSA) is 104 Å². The van der Waals surface area contributed by atoms with E-state index < -0.39 is 38.0 Å². The van der Waals surface area contributed by atoms with E-state index in [-0.39, 0.29) is 12.1 Å². The van der Waals surface area contributed by atoms with Gasteiger partial charge in [-0.1, -0.05) is 48.7 Å². The SMILES string of the molecule is CC(C)C[C@H](NC(=O)C(CCc1ccccc1)C[P+](=O)CO)C(=O)O. The van der Waals surface area contributed by atoms with Crippen LogP contribution in [0.1, 0.15) is 32.3 Å². The standard InChI is InChI=1S/C18H26NO5P/c1-13(2)10-16(18(22)23)19-17(21)15(11-25(24)12-20)9-8-14-6-4-3-5-7-14/h3-7,13,15-16,20H,8-12H2,1-2H3,(H-,19,21,22,23)/p+1/t15?,16-/m0/s1. The van der Waals surface area contributed by atoms with Crippen molar-refractivity contribution in [3.63, 3.8) is 0 Å². The van der Waals surface area contributed by atoms with Gasteiger partial charge in [0.15, 0.2) is 6.16 Å². The molecule has 6 nitrogen and oxygen atoms in total. The minimum Gasteiger partial charge on any atom is -0.480 e. The Morgan fingerprint density at radius 3 is 2.36 bits per heavy atom. The van der Waals surface area contributed by atoms with Crippen LogP contribution in [0.3, 0.4) is 0 Å². The van der Waals surface area contributed by atoms with Crippen LogP contribution in [0.25, 0.3) is 0 Å². The molecule has 3 N–H and O–H groups in total. The fourth-order valence-electron chi connectivity index (χ4n) is 2.58. The minimum absolute atomic E-state index is 0.0541. The predicted molar refractivity (Wildman–Crippen MR) is 96.8 cm³/mol. The molecular weight excluding hydrogens is 341 g/mol. The van der Waals surface area contributed by atoms with E-state index >= 15 is 0 Å². The lowest BCUT2D eigenvalue weighted by atomic mass is 9.98. The maximum Gasteiger partial charge on any atom is 0.367 e. The van der Waals surface area contributed by atoms with Gasteiger partial charge in [-0.05, 0) is 30.7 Å². The van der Waals surface area contributed by atoms with Gasteiger partial charge in [0, 0.05) is 0 Å². The van der Waals surface area contributed by atoms with Gasteiger partial charge in [0.1, 0.15) is 6.04 Å². The summed E-state index contributed by atoms with van der Waals surface area (Å²) in [6, 6.07) is 8.64. The molecule has 1 aromatic rings. The van der Waals surface area contributed by atoms with E-state index in [0.717, 1.165) is 5.56 Å². The fraction of sp³-hybridized carbons (Fsp3) is 0.556. The average molecular weight is 368 g/mol. The molecule has 25 heavy (non-hydrogen) atoms. The van der Waals surface area contributed by atoms with Crippen molar-refractivity contribution >= 4 is 19.7 Å². The van der Waals surface area contributed by atoms with Crippen LogP contribution in [-0.4, -0.2) is 40.6 Å². The highest BCUT2D eigenvalue weighted by Gasteiger charge is 2.31. The van der Waals surface area contributed by atoms with Gasteiger partial charge in [0.2, 0.25) is 12.3 Å². The van der Waals surface area contributed by atoms with Crippen molar-refractivity contribution in [2.24, 2.45) is 11.8 Å². The van der Waals surface area contributed by atoms with Gasteiger partial charge in [-0.3, -0.25) is 4.79 Å². The Kier molecular flexibility index (Phi) is 9.32. The van der Waals surface area contributed by atoms with Crippen LogP contribution in [0.2, 0.25) is 0 Å². The highest BCUT2D eigenvalue weighted by atomic mass is 31.1. The van der Waals surface area contributed by atoms with Crippen LogP contribution in [-0.2, 0) is 20.6 Å². The number of hydrogen-bond donors (Lipinski definition) is 3. The van der Waals surface area contributed by atoms with Crippen molar-refractivity contribution in [2.75, 3.05) is 12.5 Å². The largest absolute Gasteiger partial charge is 0.480 e. The zero-order chi connectivity index (χ0) is 18.8. The smallest absolute Gasteiger partial charge is 0.367 e. The molecule has 1 aromatic carbocycles. The monoisotopic (exact) mass is 368 g/mol. The summed E-state index contributed by atoms with van der Waals surface area (Å²) < 4.78 is 11.7. The summed E-state index contributed by atoms with van der Waals surface area (Å²) in [5.41, 5.74) is 1.05. The van der Waals surface area contributed by atoms with Crippen molar-refractivity contribution in [1.29, 1.82) is 0 Å². The summed E-state index contributed by atoms with van der Waals surface area (Å²) in [4.78, 5) is 23.9. The third-order valence-electron chi connectivity index (χ3n) is 3.90. The summed E-state index contributed by atoms with van der Waals surface area (Å²) in [5, 5.41) is 20.9. The second-order valence-corrected chi connectivity index (χ2v) is 8.17. The molecule has 0 fully saturated rings. The number of carboxylic acids is 1. The van der Waals surface area contributed by atoms with E-state index in [0.29, 0.717) is 19.3 Å². The van der Waals surface area contributed by atoms with Crippen LogP contribution >= 0.6 is 7.80 Å². The van der Waals surface area contributed by atoms with Gasteiger partial charge in [-0.2, -0.15) is 0 Å². The number of aliphatic carboxylic acids is 1. The molecule has 3 atom stereocenters. The van der Waals surface area contributed by atoms with Crippen molar-refractivity contribution < 1.29 is 24.4 Å². The molecule has 0 saturated carbocycles. The molecule has 0 aliphatic rings. The quantitative estimate of drug-likeness (QED) is 0.521. The molecule has 138 valence electrons. The van der Waals surface area contributed by atoms with E-state index in [9.17, 15) is 19.3 Å². The summed E-state index contributed by atoms with van der Waals surface area (Å²) in [6.07, 6.45) is 0.982. The highest BCUT2D eigenvalue weighted by molar-refractivity contribution is 7.44. The Bertz CT molecular complexity index is 576.